The van der Waals surface area contributed by atoms with Gasteiger partial charge in [-0.05, 0) is 50.5 Å². The van der Waals surface area contributed by atoms with Crippen molar-refractivity contribution in [2.75, 3.05) is 11.9 Å². The zero-order valence-corrected chi connectivity index (χ0v) is 10.4. The molecule has 0 fully saturated rings. The number of benzene rings is 1. The van der Waals surface area contributed by atoms with Crippen LogP contribution in [0.5, 0.6) is 0 Å². The summed E-state index contributed by atoms with van der Waals surface area (Å²) in [4.78, 5) is 4.71. The van der Waals surface area contributed by atoms with Gasteiger partial charge in [-0.1, -0.05) is 12.1 Å². The maximum absolute atomic E-state index is 4.71. The number of hydrogen-bond acceptors (Lipinski definition) is 2. The highest BCUT2D eigenvalue weighted by Gasteiger charge is 2.06. The summed E-state index contributed by atoms with van der Waals surface area (Å²) in [5.74, 6) is 1.00. The molecule has 0 bridgehead atoms. The Hall–Kier alpha value is -1.57. The third-order valence-corrected chi connectivity index (χ3v) is 2.94. The molecule has 1 heterocycles. The van der Waals surface area contributed by atoms with Crippen LogP contribution in [0.4, 0.5) is 5.82 Å². The van der Waals surface area contributed by atoms with E-state index in [9.17, 15) is 0 Å². The molecule has 2 aromatic rings. The lowest BCUT2D eigenvalue weighted by Gasteiger charge is -2.11. The van der Waals surface area contributed by atoms with Gasteiger partial charge in [0.15, 0.2) is 0 Å². The molecular weight excluding hydrogens is 196 g/mol. The molecule has 84 valence electrons. The Morgan fingerprint density at radius 3 is 2.44 bits per heavy atom. The second-order valence-corrected chi connectivity index (χ2v) is 4.28. The van der Waals surface area contributed by atoms with Crippen molar-refractivity contribution in [3.8, 4) is 0 Å². The molecule has 1 N–H and O–H groups in total. The van der Waals surface area contributed by atoms with Crippen LogP contribution >= 0.6 is 0 Å². The minimum absolute atomic E-state index is 0.907. The Bertz CT molecular complexity index is 530. The molecule has 0 radical (unpaired) electrons. The fourth-order valence-electron chi connectivity index (χ4n) is 1.98. The van der Waals surface area contributed by atoms with E-state index in [1.807, 2.05) is 0 Å². The van der Waals surface area contributed by atoms with Crippen LogP contribution in [0.1, 0.15) is 23.6 Å². The van der Waals surface area contributed by atoms with Crippen molar-refractivity contribution in [3.05, 3.63) is 34.9 Å². The molecule has 2 heteroatoms. The highest BCUT2D eigenvalue weighted by atomic mass is 15.0. The molecule has 0 saturated carbocycles. The van der Waals surface area contributed by atoms with Gasteiger partial charge in [0.25, 0.3) is 0 Å². The van der Waals surface area contributed by atoms with Crippen LogP contribution in [0.15, 0.2) is 18.2 Å². The number of hydrogen-bond donors (Lipinski definition) is 1. The molecule has 2 nitrogen and oxygen atoms in total. The molecule has 2 rings (SSSR count). The lowest BCUT2D eigenvalue weighted by molar-refractivity contribution is 1.15. The van der Waals surface area contributed by atoms with E-state index in [-0.39, 0.29) is 0 Å². The van der Waals surface area contributed by atoms with Gasteiger partial charge in [-0.15, -0.1) is 0 Å². The summed E-state index contributed by atoms with van der Waals surface area (Å²) in [5.41, 5.74) is 4.85. The highest BCUT2D eigenvalue weighted by Crippen LogP contribution is 2.24. The third-order valence-electron chi connectivity index (χ3n) is 2.94. The fraction of sp³-hybridized carbons (Fsp3) is 0.357. The first-order valence-corrected chi connectivity index (χ1v) is 5.75. The summed E-state index contributed by atoms with van der Waals surface area (Å²) < 4.78 is 0. The normalized spacial score (nSPS) is 10.8. The Kier molecular flexibility index (Phi) is 2.82. The molecule has 0 aliphatic rings. The van der Waals surface area contributed by atoms with Gasteiger partial charge in [0.1, 0.15) is 5.82 Å². The van der Waals surface area contributed by atoms with Gasteiger partial charge in [0.05, 0.1) is 5.52 Å². The van der Waals surface area contributed by atoms with Crippen LogP contribution in [0.3, 0.4) is 0 Å². The summed E-state index contributed by atoms with van der Waals surface area (Å²) in [5, 5.41) is 4.57. The highest BCUT2D eigenvalue weighted by molar-refractivity contribution is 5.87. The van der Waals surface area contributed by atoms with Crippen LogP contribution < -0.4 is 5.32 Å². The zero-order valence-electron chi connectivity index (χ0n) is 10.4. The largest absolute Gasteiger partial charge is 0.370 e. The van der Waals surface area contributed by atoms with Gasteiger partial charge in [0, 0.05) is 11.9 Å². The maximum atomic E-state index is 4.71. The predicted octanol–water partition coefficient (Wildman–Crippen LogP) is 3.59. The molecule has 0 aliphatic carbocycles. The maximum Gasteiger partial charge on any atom is 0.129 e. The average molecular weight is 214 g/mol. The molecule has 1 aromatic heterocycles. The molecule has 0 spiro atoms. The first-order chi connectivity index (χ1) is 7.63. The third kappa shape index (κ3) is 1.75. The van der Waals surface area contributed by atoms with E-state index >= 15 is 0 Å². The predicted molar refractivity (Wildman–Crippen MR) is 70.1 cm³/mol. The van der Waals surface area contributed by atoms with Gasteiger partial charge in [-0.2, -0.15) is 0 Å². The van der Waals surface area contributed by atoms with Gasteiger partial charge in [-0.3, -0.25) is 0 Å². The smallest absolute Gasteiger partial charge is 0.129 e. The van der Waals surface area contributed by atoms with Crippen molar-refractivity contribution in [1.82, 2.24) is 4.98 Å². The van der Waals surface area contributed by atoms with Gasteiger partial charge < -0.3 is 5.32 Å². The Labute approximate surface area is 96.7 Å². The fourth-order valence-corrected chi connectivity index (χ4v) is 1.98. The van der Waals surface area contributed by atoms with Crippen LogP contribution in [0.25, 0.3) is 10.9 Å². The molecule has 0 unspecified atom stereocenters. The van der Waals surface area contributed by atoms with Crippen molar-refractivity contribution in [2.45, 2.75) is 27.7 Å². The van der Waals surface area contributed by atoms with Crippen LogP contribution in [0.2, 0.25) is 0 Å². The zero-order chi connectivity index (χ0) is 11.7. The number of aryl methyl sites for hydroxylation is 3. The average Bonchev–Trinajstić information content (AvgIpc) is 2.26. The molecule has 0 aliphatic heterocycles. The van der Waals surface area contributed by atoms with Crippen molar-refractivity contribution in [2.24, 2.45) is 0 Å². The molecule has 0 amide bonds. The molecular formula is C14H18N2. The molecule has 0 atom stereocenters. The first-order valence-electron chi connectivity index (χ1n) is 5.75. The number of anilines is 1. The van der Waals surface area contributed by atoms with E-state index in [1.165, 1.54) is 22.1 Å². The van der Waals surface area contributed by atoms with E-state index < -0.39 is 0 Å². The summed E-state index contributed by atoms with van der Waals surface area (Å²) in [6.45, 7) is 9.35. The SMILES string of the molecule is CCNc1nc2c(C)ccc(C)c2cc1C. The van der Waals surface area contributed by atoms with E-state index in [0.29, 0.717) is 0 Å². The Morgan fingerprint density at radius 1 is 1.06 bits per heavy atom. The van der Waals surface area contributed by atoms with Crippen LogP contribution in [-0.2, 0) is 0 Å². The number of pyridine rings is 1. The molecule has 0 saturated heterocycles. The van der Waals surface area contributed by atoms with Gasteiger partial charge in [-0.25, -0.2) is 4.98 Å². The van der Waals surface area contributed by atoms with E-state index in [2.05, 4.69) is 51.2 Å². The van der Waals surface area contributed by atoms with E-state index in [0.717, 1.165) is 17.9 Å². The second kappa shape index (κ2) is 4.12. The van der Waals surface area contributed by atoms with E-state index in [1.54, 1.807) is 0 Å². The minimum Gasteiger partial charge on any atom is -0.370 e. The van der Waals surface area contributed by atoms with E-state index in [4.69, 9.17) is 4.98 Å². The summed E-state index contributed by atoms with van der Waals surface area (Å²) in [6.07, 6.45) is 0. The number of nitrogens with zero attached hydrogens (tertiary/aromatic N) is 1. The standard InChI is InChI=1S/C14H18N2/c1-5-15-14-11(4)8-12-9(2)6-7-10(3)13(12)16-14/h6-8H,5H2,1-4H3,(H,15,16). The van der Waals surface area contributed by atoms with Crippen LogP contribution in [0, 0.1) is 20.8 Å². The van der Waals surface area contributed by atoms with Crippen molar-refractivity contribution >= 4 is 16.7 Å². The monoisotopic (exact) mass is 214 g/mol. The second-order valence-electron chi connectivity index (χ2n) is 4.28. The van der Waals surface area contributed by atoms with Crippen molar-refractivity contribution in [1.29, 1.82) is 0 Å². The lowest BCUT2D eigenvalue weighted by atomic mass is 10.0. The number of rotatable bonds is 2. The summed E-state index contributed by atoms with van der Waals surface area (Å²) in [6, 6.07) is 6.52. The number of fused-ring (bicyclic) bond motifs is 1. The summed E-state index contributed by atoms with van der Waals surface area (Å²) >= 11 is 0. The Morgan fingerprint density at radius 2 is 1.75 bits per heavy atom. The number of aromatic nitrogens is 1. The summed E-state index contributed by atoms with van der Waals surface area (Å²) in [7, 11) is 0. The van der Waals surface area contributed by atoms with Crippen molar-refractivity contribution in [3.63, 3.8) is 0 Å². The van der Waals surface area contributed by atoms with Crippen molar-refractivity contribution < 1.29 is 0 Å². The molecule has 1 aromatic carbocycles. The quantitative estimate of drug-likeness (QED) is 0.826. The topological polar surface area (TPSA) is 24.9 Å². The first kappa shape index (κ1) is 10.9. The minimum atomic E-state index is 0.907. The Balaban J connectivity index is 2.73. The van der Waals surface area contributed by atoms with Gasteiger partial charge >= 0.3 is 0 Å². The molecule has 16 heavy (non-hydrogen) atoms. The lowest BCUT2D eigenvalue weighted by Crippen LogP contribution is -2.02. The van der Waals surface area contributed by atoms with Crippen LogP contribution in [-0.4, -0.2) is 11.5 Å². The number of nitrogens with one attached hydrogen (secondary N) is 1. The van der Waals surface area contributed by atoms with Gasteiger partial charge in [0.2, 0.25) is 0 Å².